The zero-order valence-electron chi connectivity index (χ0n) is 22.1. The molecule has 0 bridgehead atoms. The van der Waals surface area contributed by atoms with Crippen molar-refractivity contribution in [1.82, 2.24) is 0 Å². The molecule has 1 N–H and O–H groups in total. The van der Waals surface area contributed by atoms with Crippen molar-refractivity contribution in [2.24, 2.45) is 5.92 Å². The zero-order chi connectivity index (χ0) is 28.2. The van der Waals surface area contributed by atoms with Gasteiger partial charge in [-0.3, -0.25) is 14.4 Å². The van der Waals surface area contributed by atoms with Gasteiger partial charge >= 0.3 is 0 Å². The van der Waals surface area contributed by atoms with E-state index in [1.54, 1.807) is 36.4 Å². The molecule has 3 atom stereocenters. The number of carbonyl (C=O) groups is 3. The molecule has 40 heavy (non-hydrogen) atoms. The van der Waals surface area contributed by atoms with Gasteiger partial charge < -0.3 is 14.6 Å². The molecule has 0 aliphatic carbocycles. The Labute approximate surface area is 232 Å². The van der Waals surface area contributed by atoms with E-state index in [1.165, 1.54) is 13.8 Å². The largest absolute Gasteiger partial charge is 0.507 e. The third-order valence-electron chi connectivity index (χ3n) is 6.94. The molecule has 200 valence electrons. The standard InChI is InChI=1S/2C17H14O3/c2*1-11(18)15-16(19)13-9-5-6-10-14(13)20-17(15)12-7-3-2-4-8-12/h2-10,17,19H,1H3;2-10,15,17H,1H3/t;15-,17+/m.1/s1. The predicted molar refractivity (Wildman–Crippen MR) is 151 cm³/mol. The molecule has 6 rings (SSSR count). The van der Waals surface area contributed by atoms with Crippen LogP contribution < -0.4 is 9.47 Å². The van der Waals surface area contributed by atoms with Crippen molar-refractivity contribution in [3.05, 3.63) is 137 Å². The Morgan fingerprint density at radius 1 is 0.650 bits per heavy atom. The van der Waals surface area contributed by atoms with Crippen molar-refractivity contribution in [2.45, 2.75) is 26.1 Å². The van der Waals surface area contributed by atoms with Crippen LogP contribution in [-0.2, 0) is 9.59 Å². The molecule has 1 unspecified atom stereocenters. The summed E-state index contributed by atoms with van der Waals surface area (Å²) in [7, 11) is 0. The second kappa shape index (κ2) is 11.4. The van der Waals surface area contributed by atoms with Crippen LogP contribution in [-0.4, -0.2) is 22.5 Å². The number of rotatable bonds is 4. The molecule has 0 radical (unpaired) electrons. The van der Waals surface area contributed by atoms with Crippen LogP contribution in [0.15, 0.2) is 115 Å². The van der Waals surface area contributed by atoms with Gasteiger partial charge in [-0.2, -0.15) is 0 Å². The number of benzene rings is 4. The minimum atomic E-state index is -0.771. The third kappa shape index (κ3) is 5.16. The lowest BCUT2D eigenvalue weighted by Crippen LogP contribution is -2.36. The summed E-state index contributed by atoms with van der Waals surface area (Å²) in [5.41, 5.74) is 3.04. The highest BCUT2D eigenvalue weighted by molar-refractivity contribution is 6.12. The maximum atomic E-state index is 12.5. The first-order valence-corrected chi connectivity index (χ1v) is 13.0. The fourth-order valence-electron chi connectivity index (χ4n) is 5.02. The topological polar surface area (TPSA) is 89.9 Å². The van der Waals surface area contributed by atoms with E-state index in [-0.39, 0.29) is 23.1 Å². The van der Waals surface area contributed by atoms with Crippen LogP contribution in [0.4, 0.5) is 0 Å². The predicted octanol–water partition coefficient (Wildman–Crippen LogP) is 6.89. The monoisotopic (exact) mass is 532 g/mol. The highest BCUT2D eigenvalue weighted by Crippen LogP contribution is 2.41. The molecule has 4 aromatic rings. The van der Waals surface area contributed by atoms with E-state index in [2.05, 4.69) is 0 Å². The summed E-state index contributed by atoms with van der Waals surface area (Å²) in [5, 5.41) is 10.4. The molecule has 6 heteroatoms. The lowest BCUT2D eigenvalue weighted by molar-refractivity contribution is -0.122. The number of ketones is 3. The SMILES string of the molecule is CC(=O)C1=C(O)c2ccccc2OC1c1ccccc1.CC(=O)[C@@H]1C(=O)c2ccccc2O[C@H]1c1ccccc1. The smallest absolute Gasteiger partial charge is 0.181 e. The van der Waals surface area contributed by atoms with Gasteiger partial charge in [-0.25, -0.2) is 0 Å². The summed E-state index contributed by atoms with van der Waals surface area (Å²) >= 11 is 0. The van der Waals surface area contributed by atoms with Crippen LogP contribution in [0.5, 0.6) is 11.5 Å². The van der Waals surface area contributed by atoms with Crippen LogP contribution in [0.25, 0.3) is 5.76 Å². The Bertz CT molecular complexity index is 1590. The van der Waals surface area contributed by atoms with Crippen molar-refractivity contribution in [2.75, 3.05) is 0 Å². The molecule has 4 aromatic carbocycles. The molecular formula is C34H28O6. The maximum Gasteiger partial charge on any atom is 0.181 e. The number of fused-ring (bicyclic) bond motifs is 2. The van der Waals surface area contributed by atoms with Gasteiger partial charge in [0.05, 0.1) is 16.7 Å². The molecule has 0 fully saturated rings. The summed E-state index contributed by atoms with van der Waals surface area (Å²) < 4.78 is 11.8. The van der Waals surface area contributed by atoms with E-state index in [9.17, 15) is 19.5 Å². The van der Waals surface area contributed by atoms with Gasteiger partial charge in [-0.1, -0.05) is 84.9 Å². The lowest BCUT2D eigenvalue weighted by Gasteiger charge is -2.31. The Balaban J connectivity index is 0.000000161. The molecule has 0 spiro atoms. The van der Waals surface area contributed by atoms with Gasteiger partial charge in [-0.15, -0.1) is 0 Å². The molecule has 2 aliphatic heterocycles. The van der Waals surface area contributed by atoms with Crippen LogP contribution in [0, 0.1) is 5.92 Å². The highest BCUT2D eigenvalue weighted by atomic mass is 16.5. The van der Waals surface area contributed by atoms with Crippen molar-refractivity contribution in [3.8, 4) is 11.5 Å². The normalized spacial score (nSPS) is 19.1. The fraction of sp³-hybridized carbons (Fsp3) is 0.147. The number of hydrogen-bond acceptors (Lipinski definition) is 6. The summed E-state index contributed by atoms with van der Waals surface area (Å²) in [5.74, 6) is -0.148. The number of aliphatic hydroxyl groups is 1. The minimum absolute atomic E-state index is 0.00760. The Morgan fingerprint density at radius 3 is 1.73 bits per heavy atom. The lowest BCUT2D eigenvalue weighted by atomic mass is 9.83. The summed E-state index contributed by atoms with van der Waals surface area (Å²) in [6.45, 7) is 2.88. The van der Waals surface area contributed by atoms with Crippen LogP contribution in [0.2, 0.25) is 0 Å². The van der Waals surface area contributed by atoms with E-state index >= 15 is 0 Å². The molecule has 0 saturated heterocycles. The zero-order valence-corrected chi connectivity index (χ0v) is 22.1. The number of aliphatic hydroxyl groups excluding tert-OH is 1. The molecule has 6 nitrogen and oxygen atoms in total. The van der Waals surface area contributed by atoms with E-state index < -0.39 is 18.1 Å². The molecule has 0 aromatic heterocycles. The second-order valence-corrected chi connectivity index (χ2v) is 9.62. The van der Waals surface area contributed by atoms with Gasteiger partial charge in [0.25, 0.3) is 0 Å². The molecular weight excluding hydrogens is 504 g/mol. The average molecular weight is 533 g/mol. The van der Waals surface area contributed by atoms with Crippen molar-refractivity contribution < 1.29 is 29.0 Å². The number of hydrogen-bond donors (Lipinski definition) is 1. The number of para-hydroxylation sites is 2. The Hall–Kier alpha value is -4.97. The van der Waals surface area contributed by atoms with E-state index in [4.69, 9.17) is 9.47 Å². The van der Waals surface area contributed by atoms with Crippen LogP contribution in [0.1, 0.15) is 53.1 Å². The first kappa shape index (κ1) is 26.6. The van der Waals surface area contributed by atoms with Gasteiger partial charge in [0.2, 0.25) is 0 Å². The number of Topliss-reactive ketones (excluding diaryl/α,β-unsaturated/α-hetero) is 3. The Morgan fingerprint density at radius 2 is 1.15 bits per heavy atom. The number of carbonyl (C=O) groups excluding carboxylic acids is 3. The van der Waals surface area contributed by atoms with Crippen molar-refractivity contribution >= 4 is 23.1 Å². The van der Waals surface area contributed by atoms with E-state index in [0.717, 1.165) is 11.1 Å². The summed E-state index contributed by atoms with van der Waals surface area (Å²) in [6.07, 6.45) is -1.11. The minimum Gasteiger partial charge on any atom is -0.507 e. The van der Waals surface area contributed by atoms with Crippen LogP contribution in [0.3, 0.4) is 0 Å². The number of ether oxygens (including phenoxy) is 2. The first-order valence-electron chi connectivity index (χ1n) is 13.0. The van der Waals surface area contributed by atoms with Crippen LogP contribution >= 0.6 is 0 Å². The first-order chi connectivity index (χ1) is 19.4. The quantitative estimate of drug-likeness (QED) is 0.288. The van der Waals surface area contributed by atoms with E-state index in [1.807, 2.05) is 72.8 Å². The molecule has 2 aliphatic rings. The summed E-state index contributed by atoms with van der Waals surface area (Å²) in [6, 6.07) is 33.1. The Kier molecular flexibility index (Phi) is 7.60. The highest BCUT2D eigenvalue weighted by Gasteiger charge is 2.40. The van der Waals surface area contributed by atoms with Gasteiger partial charge in [0.1, 0.15) is 35.1 Å². The van der Waals surface area contributed by atoms with Gasteiger partial charge in [-0.05, 0) is 49.2 Å². The fourth-order valence-corrected chi connectivity index (χ4v) is 5.02. The summed E-state index contributed by atoms with van der Waals surface area (Å²) in [4.78, 5) is 36.3. The average Bonchev–Trinajstić information content (AvgIpc) is 2.98. The van der Waals surface area contributed by atoms with E-state index in [0.29, 0.717) is 28.2 Å². The van der Waals surface area contributed by atoms with Gasteiger partial charge in [0.15, 0.2) is 17.7 Å². The molecule has 0 amide bonds. The van der Waals surface area contributed by atoms with Crippen molar-refractivity contribution in [1.29, 1.82) is 0 Å². The van der Waals surface area contributed by atoms with Gasteiger partial charge in [0, 0.05) is 0 Å². The van der Waals surface area contributed by atoms with Crippen molar-refractivity contribution in [3.63, 3.8) is 0 Å². The molecule has 0 saturated carbocycles. The molecule has 2 heterocycles. The maximum absolute atomic E-state index is 12.5. The third-order valence-corrected chi connectivity index (χ3v) is 6.94. The second-order valence-electron chi connectivity index (χ2n) is 9.62.